The first-order chi connectivity index (χ1) is 14.7. The van der Waals surface area contributed by atoms with Crippen LogP contribution in [0.3, 0.4) is 0 Å². The SMILES string of the molecule is CC(=O)c1cccc(NC(=O)CSc2nnc(C(C)Oc3ccc(C)c(C)c3)n2C)c1. The molecule has 0 fully saturated rings. The van der Waals surface area contributed by atoms with E-state index in [1.807, 2.05) is 43.7 Å². The second-order valence-electron chi connectivity index (χ2n) is 7.38. The first-order valence-electron chi connectivity index (χ1n) is 9.91. The highest BCUT2D eigenvalue weighted by atomic mass is 32.2. The predicted molar refractivity (Wildman–Crippen MR) is 122 cm³/mol. The van der Waals surface area contributed by atoms with Gasteiger partial charge >= 0.3 is 0 Å². The predicted octanol–water partition coefficient (Wildman–Crippen LogP) is 4.51. The molecule has 2 aromatic carbocycles. The number of aromatic nitrogens is 3. The van der Waals surface area contributed by atoms with Crippen LogP contribution < -0.4 is 10.1 Å². The molecule has 0 spiro atoms. The average Bonchev–Trinajstić information content (AvgIpc) is 3.10. The smallest absolute Gasteiger partial charge is 0.234 e. The van der Waals surface area contributed by atoms with E-state index in [0.717, 1.165) is 5.75 Å². The number of nitrogens with one attached hydrogen (secondary N) is 1. The Hall–Kier alpha value is -3.13. The van der Waals surface area contributed by atoms with Crippen LogP contribution in [0.15, 0.2) is 47.6 Å². The van der Waals surface area contributed by atoms with Gasteiger partial charge in [-0.1, -0.05) is 30.0 Å². The molecule has 1 unspecified atom stereocenters. The number of ketones is 1. The van der Waals surface area contributed by atoms with E-state index in [4.69, 9.17) is 4.74 Å². The molecule has 1 atom stereocenters. The van der Waals surface area contributed by atoms with Gasteiger partial charge in [0.25, 0.3) is 0 Å². The van der Waals surface area contributed by atoms with Crippen molar-refractivity contribution < 1.29 is 14.3 Å². The molecular formula is C23H26N4O3S. The van der Waals surface area contributed by atoms with Crippen LogP contribution in [0, 0.1) is 13.8 Å². The molecule has 31 heavy (non-hydrogen) atoms. The number of amides is 1. The van der Waals surface area contributed by atoms with E-state index < -0.39 is 0 Å². The second kappa shape index (κ2) is 9.78. The van der Waals surface area contributed by atoms with Crippen LogP contribution in [-0.4, -0.2) is 32.2 Å². The van der Waals surface area contributed by atoms with Gasteiger partial charge < -0.3 is 14.6 Å². The Morgan fingerprint density at radius 3 is 2.61 bits per heavy atom. The van der Waals surface area contributed by atoms with Crippen molar-refractivity contribution in [1.82, 2.24) is 14.8 Å². The molecule has 0 aliphatic heterocycles. The van der Waals surface area contributed by atoms with Gasteiger partial charge in [0.05, 0.1) is 5.75 Å². The summed E-state index contributed by atoms with van der Waals surface area (Å²) in [5, 5.41) is 11.9. The number of carbonyl (C=O) groups is 2. The summed E-state index contributed by atoms with van der Waals surface area (Å²) in [5.41, 5.74) is 3.52. The first kappa shape index (κ1) is 22.6. The topological polar surface area (TPSA) is 86.1 Å². The zero-order valence-electron chi connectivity index (χ0n) is 18.3. The molecule has 7 nitrogen and oxygen atoms in total. The van der Waals surface area contributed by atoms with Gasteiger partial charge in [0.1, 0.15) is 5.75 Å². The highest BCUT2D eigenvalue weighted by Gasteiger charge is 2.18. The zero-order chi connectivity index (χ0) is 22.5. The monoisotopic (exact) mass is 438 g/mol. The summed E-state index contributed by atoms with van der Waals surface area (Å²) >= 11 is 1.29. The van der Waals surface area contributed by atoms with Crippen molar-refractivity contribution in [2.45, 2.75) is 39.0 Å². The van der Waals surface area contributed by atoms with E-state index in [0.29, 0.717) is 22.2 Å². The fourth-order valence-corrected chi connectivity index (χ4v) is 3.71. The number of benzene rings is 2. The Morgan fingerprint density at radius 2 is 1.90 bits per heavy atom. The van der Waals surface area contributed by atoms with E-state index in [1.165, 1.54) is 29.8 Å². The average molecular weight is 439 g/mol. The Morgan fingerprint density at radius 1 is 1.13 bits per heavy atom. The summed E-state index contributed by atoms with van der Waals surface area (Å²) in [6.45, 7) is 7.52. The number of thioether (sulfide) groups is 1. The Balaban J connectivity index is 1.59. The lowest BCUT2D eigenvalue weighted by Crippen LogP contribution is -2.15. The van der Waals surface area contributed by atoms with Crippen molar-refractivity contribution >= 4 is 29.1 Å². The quantitative estimate of drug-likeness (QED) is 0.411. The summed E-state index contributed by atoms with van der Waals surface area (Å²) in [6.07, 6.45) is -0.294. The molecule has 1 heterocycles. The molecule has 8 heteroatoms. The third-order valence-electron chi connectivity index (χ3n) is 4.91. The molecule has 3 aromatic rings. The highest BCUT2D eigenvalue weighted by molar-refractivity contribution is 7.99. The number of aryl methyl sites for hydroxylation is 2. The maximum atomic E-state index is 12.3. The van der Waals surface area contributed by atoms with Crippen LogP contribution in [0.4, 0.5) is 5.69 Å². The normalized spacial score (nSPS) is 11.8. The van der Waals surface area contributed by atoms with Crippen molar-refractivity contribution in [1.29, 1.82) is 0 Å². The minimum absolute atomic E-state index is 0.0470. The maximum absolute atomic E-state index is 12.3. The van der Waals surface area contributed by atoms with Crippen LogP contribution in [0.5, 0.6) is 5.75 Å². The number of Topliss-reactive ketones (excluding diaryl/α,β-unsaturated/α-hetero) is 1. The minimum atomic E-state index is -0.294. The van der Waals surface area contributed by atoms with Gasteiger partial charge in [0.15, 0.2) is 22.9 Å². The van der Waals surface area contributed by atoms with Crippen LogP contribution in [0.1, 0.15) is 47.3 Å². The van der Waals surface area contributed by atoms with Gasteiger partial charge in [-0.3, -0.25) is 9.59 Å². The molecule has 0 saturated carbocycles. The molecule has 0 saturated heterocycles. The fraction of sp³-hybridized carbons (Fsp3) is 0.304. The summed E-state index contributed by atoms with van der Waals surface area (Å²) in [6, 6.07) is 12.8. The van der Waals surface area contributed by atoms with E-state index in [1.54, 1.807) is 24.3 Å². The number of anilines is 1. The number of hydrogen-bond acceptors (Lipinski definition) is 6. The minimum Gasteiger partial charge on any atom is -0.483 e. The van der Waals surface area contributed by atoms with Gasteiger partial charge in [-0.05, 0) is 63.1 Å². The van der Waals surface area contributed by atoms with E-state index in [9.17, 15) is 9.59 Å². The molecule has 3 rings (SSSR count). The highest BCUT2D eigenvalue weighted by Crippen LogP contribution is 2.25. The van der Waals surface area contributed by atoms with Gasteiger partial charge in [0, 0.05) is 18.3 Å². The molecule has 1 N–H and O–H groups in total. The number of hydrogen-bond donors (Lipinski definition) is 1. The molecule has 0 bridgehead atoms. The van der Waals surface area contributed by atoms with E-state index in [2.05, 4.69) is 22.4 Å². The summed E-state index contributed by atoms with van der Waals surface area (Å²) < 4.78 is 7.86. The van der Waals surface area contributed by atoms with Crippen molar-refractivity contribution in [2.75, 3.05) is 11.1 Å². The summed E-state index contributed by atoms with van der Waals surface area (Å²) in [5.74, 6) is 1.39. The number of rotatable bonds is 8. The molecule has 1 amide bonds. The zero-order valence-corrected chi connectivity index (χ0v) is 19.1. The third kappa shape index (κ3) is 5.73. The molecule has 162 valence electrons. The van der Waals surface area contributed by atoms with Crippen LogP contribution in [-0.2, 0) is 11.8 Å². The van der Waals surface area contributed by atoms with Crippen molar-refractivity contribution in [3.8, 4) is 5.75 Å². The summed E-state index contributed by atoms with van der Waals surface area (Å²) in [7, 11) is 1.85. The second-order valence-corrected chi connectivity index (χ2v) is 8.32. The van der Waals surface area contributed by atoms with Gasteiger partial charge in [0.2, 0.25) is 5.91 Å². The summed E-state index contributed by atoms with van der Waals surface area (Å²) in [4.78, 5) is 23.8. The number of carbonyl (C=O) groups excluding carboxylic acids is 2. The molecule has 0 radical (unpaired) electrons. The molecular weight excluding hydrogens is 412 g/mol. The molecule has 0 aliphatic rings. The lowest BCUT2D eigenvalue weighted by atomic mass is 10.1. The Labute approximate surface area is 186 Å². The van der Waals surface area contributed by atoms with Crippen molar-refractivity contribution in [3.63, 3.8) is 0 Å². The van der Waals surface area contributed by atoms with E-state index in [-0.39, 0.29) is 23.5 Å². The Bertz CT molecular complexity index is 1110. The Kier molecular flexibility index (Phi) is 7.12. The largest absolute Gasteiger partial charge is 0.483 e. The lowest BCUT2D eigenvalue weighted by molar-refractivity contribution is -0.113. The van der Waals surface area contributed by atoms with Crippen molar-refractivity contribution in [2.24, 2.45) is 7.05 Å². The fourth-order valence-electron chi connectivity index (χ4n) is 2.99. The lowest BCUT2D eigenvalue weighted by Gasteiger charge is -2.15. The van der Waals surface area contributed by atoms with Crippen LogP contribution in [0.25, 0.3) is 0 Å². The van der Waals surface area contributed by atoms with Gasteiger partial charge in [-0.15, -0.1) is 10.2 Å². The third-order valence-corrected chi connectivity index (χ3v) is 5.93. The number of ether oxygens (including phenoxy) is 1. The number of nitrogens with zero attached hydrogens (tertiary/aromatic N) is 3. The van der Waals surface area contributed by atoms with Gasteiger partial charge in [-0.2, -0.15) is 0 Å². The van der Waals surface area contributed by atoms with Crippen LogP contribution in [0.2, 0.25) is 0 Å². The first-order valence-corrected chi connectivity index (χ1v) is 10.9. The van der Waals surface area contributed by atoms with Gasteiger partial charge in [-0.25, -0.2) is 0 Å². The molecule has 0 aliphatic carbocycles. The standard InChI is InChI=1S/C23H26N4O3S/c1-14-9-10-20(11-15(14)2)30-17(4)22-25-26-23(27(22)5)31-13-21(29)24-19-8-6-7-18(12-19)16(3)28/h6-12,17H,13H2,1-5H3,(H,24,29). The van der Waals surface area contributed by atoms with Crippen LogP contribution >= 0.6 is 11.8 Å². The maximum Gasteiger partial charge on any atom is 0.234 e. The van der Waals surface area contributed by atoms with Crippen molar-refractivity contribution in [3.05, 3.63) is 65.0 Å². The molecule has 1 aromatic heterocycles. The van der Waals surface area contributed by atoms with E-state index >= 15 is 0 Å².